The van der Waals surface area contributed by atoms with Crippen molar-refractivity contribution in [3.8, 4) is 28.7 Å². The summed E-state index contributed by atoms with van der Waals surface area (Å²) in [6.07, 6.45) is 0.207. The van der Waals surface area contributed by atoms with E-state index in [9.17, 15) is 15.0 Å². The maximum absolute atomic E-state index is 14.8. The average molecular weight is 739 g/mol. The number of hydrogen-bond acceptors (Lipinski definition) is 10. The number of nitrogens with zero attached hydrogens (tertiary/aromatic N) is 1. The second-order valence-corrected chi connectivity index (χ2v) is 15.2. The minimum Gasteiger partial charge on any atom is -0.504 e. The lowest BCUT2D eigenvalue weighted by Crippen LogP contribution is -2.58. The number of hydrogen-bond donors (Lipinski definition) is 3. The Kier molecular flexibility index (Phi) is 10.7. The van der Waals surface area contributed by atoms with Crippen LogP contribution in [-0.4, -0.2) is 66.0 Å². The van der Waals surface area contributed by atoms with Crippen molar-refractivity contribution in [3.63, 3.8) is 0 Å². The summed E-state index contributed by atoms with van der Waals surface area (Å²) >= 11 is 0. The van der Waals surface area contributed by atoms with E-state index in [4.69, 9.17) is 28.4 Å². The lowest BCUT2D eigenvalue weighted by Gasteiger charge is -2.49. The maximum Gasteiger partial charge on any atom is 0.411 e. The fourth-order valence-corrected chi connectivity index (χ4v) is 8.11. The van der Waals surface area contributed by atoms with Gasteiger partial charge in [-0.3, -0.25) is 4.90 Å². The molecule has 0 aliphatic carbocycles. The van der Waals surface area contributed by atoms with E-state index in [1.807, 2.05) is 101 Å². The summed E-state index contributed by atoms with van der Waals surface area (Å²) in [6, 6.07) is 19.4. The number of fused-ring (bicyclic) bond motifs is 4. The summed E-state index contributed by atoms with van der Waals surface area (Å²) in [5.74, 6) is 2.10. The number of carbonyl (C=O) groups excluding carboxylic acids is 1. The Labute approximate surface area is 316 Å². The number of benzene rings is 4. The number of methoxy groups -OCH3 is 1. The van der Waals surface area contributed by atoms with Gasteiger partial charge in [0.2, 0.25) is 6.79 Å². The zero-order valence-electron chi connectivity index (χ0n) is 31.8. The van der Waals surface area contributed by atoms with Gasteiger partial charge in [-0.1, -0.05) is 66.7 Å². The highest BCUT2D eigenvalue weighted by molar-refractivity contribution is 5.74. The molecule has 3 aliphatic rings. The largest absolute Gasteiger partial charge is 0.504 e. The van der Waals surface area contributed by atoms with E-state index in [1.165, 1.54) is 7.11 Å². The summed E-state index contributed by atoms with van der Waals surface area (Å²) in [5.41, 5.74) is 5.76. The van der Waals surface area contributed by atoms with Crippen LogP contribution in [-0.2, 0) is 35.5 Å². The molecule has 0 saturated heterocycles. The molecular weight excluding hydrogens is 688 g/mol. The second-order valence-electron chi connectivity index (χ2n) is 15.2. The minimum absolute atomic E-state index is 0.00405. The topological polar surface area (TPSA) is 128 Å². The normalized spacial score (nSPS) is 20.2. The maximum atomic E-state index is 14.8. The van der Waals surface area contributed by atoms with E-state index in [0.29, 0.717) is 48.2 Å². The monoisotopic (exact) mass is 738 g/mol. The van der Waals surface area contributed by atoms with E-state index in [2.05, 4.69) is 5.32 Å². The number of phenols is 1. The Hall–Kier alpha value is -4.97. The van der Waals surface area contributed by atoms with Gasteiger partial charge in [-0.15, -0.1) is 0 Å². The minimum atomic E-state index is -0.829. The smallest absolute Gasteiger partial charge is 0.411 e. The summed E-state index contributed by atoms with van der Waals surface area (Å²) in [5, 5.41) is 26.1. The third-order valence-electron chi connectivity index (χ3n) is 10.4. The molecule has 0 bridgehead atoms. The van der Waals surface area contributed by atoms with E-state index in [-0.39, 0.29) is 38.2 Å². The van der Waals surface area contributed by atoms with Gasteiger partial charge in [0.1, 0.15) is 18.0 Å². The number of aryl methyl sites for hydroxylation is 1. The van der Waals surface area contributed by atoms with Crippen LogP contribution in [0.3, 0.4) is 0 Å². The first-order valence-electron chi connectivity index (χ1n) is 18.5. The first kappa shape index (κ1) is 37.3. The standard InChI is InChI=1S/C43H50N2O9/c1-25-17-29-18-30(20-46)44-36(34(29)37(47)38(25)49-6)32-19-31-35(41-40(52-24-53-41)26(2)39(31)51-22-28-15-11-8-12-16-28)33(45(32)42(48)54-43(3,4)5)23-50-21-27-13-9-7-10-14-27/h7-17,30,32-33,36,44,46-47H,18-24H2,1-6H3/t30-,32-,33-,36-/m0/s1. The molecule has 11 nitrogen and oxygen atoms in total. The van der Waals surface area contributed by atoms with Crippen molar-refractivity contribution in [3.05, 3.63) is 111 Å². The van der Waals surface area contributed by atoms with Crippen LogP contribution in [0, 0.1) is 13.8 Å². The zero-order valence-corrected chi connectivity index (χ0v) is 31.8. The van der Waals surface area contributed by atoms with E-state index >= 15 is 0 Å². The Bertz CT molecular complexity index is 1980. The zero-order chi connectivity index (χ0) is 38.1. The van der Waals surface area contributed by atoms with Gasteiger partial charge < -0.3 is 44.0 Å². The summed E-state index contributed by atoms with van der Waals surface area (Å²) < 4.78 is 37.4. The van der Waals surface area contributed by atoms with E-state index in [1.54, 1.807) is 4.90 Å². The third-order valence-corrected chi connectivity index (χ3v) is 10.4. The van der Waals surface area contributed by atoms with Crippen LogP contribution >= 0.6 is 0 Å². The molecule has 0 unspecified atom stereocenters. The number of nitrogens with one attached hydrogen (secondary N) is 1. The highest BCUT2D eigenvalue weighted by atomic mass is 16.7. The van der Waals surface area contributed by atoms with Crippen LogP contribution in [0.2, 0.25) is 0 Å². The predicted molar refractivity (Wildman–Crippen MR) is 202 cm³/mol. The van der Waals surface area contributed by atoms with E-state index in [0.717, 1.165) is 38.9 Å². The lowest BCUT2D eigenvalue weighted by atomic mass is 9.78. The Morgan fingerprint density at radius 3 is 2.24 bits per heavy atom. The summed E-state index contributed by atoms with van der Waals surface area (Å²) in [6.45, 7) is 9.90. The van der Waals surface area contributed by atoms with Gasteiger partial charge in [0.25, 0.3) is 0 Å². The number of ether oxygens (including phenoxy) is 6. The predicted octanol–water partition coefficient (Wildman–Crippen LogP) is 6.99. The summed E-state index contributed by atoms with van der Waals surface area (Å²) in [7, 11) is 1.53. The van der Waals surface area contributed by atoms with E-state index < -0.39 is 29.8 Å². The van der Waals surface area contributed by atoms with Crippen molar-refractivity contribution in [2.45, 2.75) is 90.4 Å². The van der Waals surface area contributed by atoms with Crippen molar-refractivity contribution in [2.75, 3.05) is 27.1 Å². The highest BCUT2D eigenvalue weighted by Crippen LogP contribution is 2.55. The molecule has 11 heteroatoms. The fraction of sp³-hybridized carbons (Fsp3) is 0.419. The molecule has 3 N–H and O–H groups in total. The molecule has 4 aromatic rings. The highest BCUT2D eigenvalue weighted by Gasteiger charge is 2.50. The Morgan fingerprint density at radius 1 is 0.926 bits per heavy atom. The lowest BCUT2D eigenvalue weighted by molar-refractivity contribution is -0.0269. The first-order valence-corrected chi connectivity index (χ1v) is 18.5. The van der Waals surface area contributed by atoms with Gasteiger partial charge >= 0.3 is 6.09 Å². The number of aliphatic hydroxyl groups excluding tert-OH is 1. The molecule has 4 atom stereocenters. The Morgan fingerprint density at radius 2 is 1.59 bits per heavy atom. The van der Waals surface area contributed by atoms with Crippen molar-refractivity contribution < 1.29 is 43.4 Å². The van der Waals surface area contributed by atoms with Crippen LogP contribution in [0.1, 0.15) is 77.4 Å². The summed E-state index contributed by atoms with van der Waals surface area (Å²) in [4.78, 5) is 16.5. The third kappa shape index (κ3) is 7.28. The molecule has 0 fully saturated rings. The fourth-order valence-electron chi connectivity index (χ4n) is 8.11. The molecule has 0 saturated carbocycles. The van der Waals surface area contributed by atoms with Gasteiger partial charge in [0.05, 0.1) is 45.1 Å². The van der Waals surface area contributed by atoms with Crippen LogP contribution in [0.5, 0.6) is 28.7 Å². The molecule has 7 rings (SSSR count). The van der Waals surface area contributed by atoms with Crippen molar-refractivity contribution in [1.29, 1.82) is 0 Å². The SMILES string of the molecule is COc1c(C)cc2c(c1O)[C@H]([C@@H]1Cc3c(OCc4ccccc4)c(C)c4c(c3[C@H](COCc3ccccc3)N1C(=O)OC(C)(C)C)OCO4)N[C@H](CO)C2. The number of amides is 1. The number of aliphatic hydroxyl groups is 1. The van der Waals surface area contributed by atoms with Gasteiger partial charge in [0.15, 0.2) is 23.0 Å². The molecular formula is C43H50N2O9. The molecule has 0 spiro atoms. The van der Waals surface area contributed by atoms with Crippen molar-refractivity contribution in [1.82, 2.24) is 10.2 Å². The first-order chi connectivity index (χ1) is 26.0. The average Bonchev–Trinajstić information content (AvgIpc) is 3.64. The van der Waals surface area contributed by atoms with Gasteiger partial charge in [-0.05, 0) is 69.7 Å². The molecule has 4 aromatic carbocycles. The van der Waals surface area contributed by atoms with Crippen LogP contribution in [0.25, 0.3) is 0 Å². The number of phenolic OH excluding ortho intramolecular Hbond substituents is 1. The molecule has 1 amide bonds. The number of carbonyl (C=O) groups is 1. The number of rotatable bonds is 10. The molecule has 3 heterocycles. The molecule has 0 aromatic heterocycles. The van der Waals surface area contributed by atoms with Gasteiger partial charge in [-0.25, -0.2) is 4.79 Å². The van der Waals surface area contributed by atoms with Crippen molar-refractivity contribution in [2.24, 2.45) is 0 Å². The number of aromatic hydroxyl groups is 1. The van der Waals surface area contributed by atoms with Gasteiger partial charge in [-0.2, -0.15) is 0 Å². The molecule has 3 aliphatic heterocycles. The van der Waals surface area contributed by atoms with Crippen LogP contribution in [0.4, 0.5) is 4.79 Å². The molecule has 286 valence electrons. The van der Waals surface area contributed by atoms with Crippen molar-refractivity contribution >= 4 is 6.09 Å². The Balaban J connectivity index is 1.43. The second kappa shape index (κ2) is 15.4. The van der Waals surface area contributed by atoms with Crippen LogP contribution < -0.4 is 24.3 Å². The van der Waals surface area contributed by atoms with Crippen LogP contribution in [0.15, 0.2) is 66.7 Å². The van der Waals surface area contributed by atoms with Gasteiger partial charge in [0, 0.05) is 28.3 Å². The molecule has 0 radical (unpaired) electrons. The quantitative estimate of drug-likeness (QED) is 0.157. The molecule has 54 heavy (non-hydrogen) atoms.